The van der Waals surface area contributed by atoms with Crippen molar-refractivity contribution in [3.05, 3.63) is 0 Å². The Balaban J connectivity index is 2.20. The van der Waals surface area contributed by atoms with E-state index in [4.69, 9.17) is 12.2 Å². The normalized spacial score (nSPS) is 16.9. The van der Waals surface area contributed by atoms with Crippen molar-refractivity contribution < 1.29 is 0 Å². The van der Waals surface area contributed by atoms with Crippen LogP contribution >= 0.6 is 12.2 Å². The molecule has 1 aliphatic heterocycles. The summed E-state index contributed by atoms with van der Waals surface area (Å²) in [5.41, 5.74) is 0. The molecule has 0 aromatic carbocycles. The molecule has 1 aliphatic rings. The maximum atomic E-state index is 5.12. The van der Waals surface area contributed by atoms with Gasteiger partial charge in [0.05, 0.1) is 0 Å². The van der Waals surface area contributed by atoms with Gasteiger partial charge >= 0.3 is 0 Å². The number of rotatable bonds is 1. The Morgan fingerprint density at radius 3 is 2.40 bits per heavy atom. The zero-order valence-electron chi connectivity index (χ0n) is 6.55. The Hall–Kier alpha value is -0.310. The van der Waals surface area contributed by atoms with Crippen LogP contribution < -0.4 is 5.32 Å². The number of likely N-dealkylation sites (tertiary alicyclic amines) is 1. The van der Waals surface area contributed by atoms with Gasteiger partial charge in [0.1, 0.15) is 0 Å². The van der Waals surface area contributed by atoms with Crippen LogP contribution in [-0.4, -0.2) is 29.1 Å². The summed E-state index contributed by atoms with van der Waals surface area (Å²) in [6.07, 6.45) is 1.29. The number of hydrogen-bond donors (Lipinski definition) is 1. The second kappa shape index (κ2) is 3.19. The molecule has 0 amide bonds. The molecular weight excluding hydrogens is 144 g/mol. The summed E-state index contributed by atoms with van der Waals surface area (Å²) in [7, 11) is 0. The van der Waals surface area contributed by atoms with E-state index in [9.17, 15) is 0 Å². The molecule has 0 bridgehead atoms. The van der Waals surface area contributed by atoms with Gasteiger partial charge in [0.2, 0.25) is 0 Å². The van der Waals surface area contributed by atoms with Crippen molar-refractivity contribution in [2.24, 2.45) is 0 Å². The molecule has 1 N–H and O–H groups in total. The van der Waals surface area contributed by atoms with Crippen molar-refractivity contribution in [3.8, 4) is 0 Å². The standard InChI is InChI=1S/C7H14N2S/c1-6(2)8-7(10)9-4-3-5-9/h6H,3-5H2,1-2H3,(H,8,10). The van der Waals surface area contributed by atoms with E-state index in [0.29, 0.717) is 6.04 Å². The zero-order chi connectivity index (χ0) is 7.56. The van der Waals surface area contributed by atoms with E-state index < -0.39 is 0 Å². The second-order valence-electron chi connectivity index (χ2n) is 2.94. The van der Waals surface area contributed by atoms with Gasteiger partial charge in [-0.3, -0.25) is 0 Å². The fourth-order valence-electron chi connectivity index (χ4n) is 0.858. The minimum Gasteiger partial charge on any atom is -0.360 e. The molecule has 0 saturated carbocycles. The Labute approximate surface area is 67.6 Å². The van der Waals surface area contributed by atoms with Crippen molar-refractivity contribution >= 4 is 17.3 Å². The summed E-state index contributed by atoms with van der Waals surface area (Å²) in [6, 6.07) is 0.466. The molecule has 1 saturated heterocycles. The average Bonchev–Trinajstić information content (AvgIpc) is 1.55. The van der Waals surface area contributed by atoms with Crippen molar-refractivity contribution in [3.63, 3.8) is 0 Å². The number of hydrogen-bond acceptors (Lipinski definition) is 1. The Morgan fingerprint density at radius 2 is 2.10 bits per heavy atom. The highest BCUT2D eigenvalue weighted by Gasteiger charge is 2.16. The lowest BCUT2D eigenvalue weighted by molar-refractivity contribution is 0.294. The minimum absolute atomic E-state index is 0.466. The number of nitrogens with zero attached hydrogens (tertiary/aromatic N) is 1. The number of nitrogens with one attached hydrogen (secondary N) is 1. The number of thiocarbonyl (C=S) groups is 1. The Kier molecular flexibility index (Phi) is 2.49. The highest BCUT2D eigenvalue weighted by atomic mass is 32.1. The third kappa shape index (κ3) is 1.84. The van der Waals surface area contributed by atoms with E-state index in [0.717, 1.165) is 18.2 Å². The highest BCUT2D eigenvalue weighted by Crippen LogP contribution is 2.05. The van der Waals surface area contributed by atoms with Gasteiger partial charge in [0, 0.05) is 19.1 Å². The lowest BCUT2D eigenvalue weighted by Gasteiger charge is -2.34. The van der Waals surface area contributed by atoms with Crippen molar-refractivity contribution in [1.29, 1.82) is 0 Å². The monoisotopic (exact) mass is 158 g/mol. The predicted molar refractivity (Wildman–Crippen MR) is 47.1 cm³/mol. The summed E-state index contributed by atoms with van der Waals surface area (Å²) in [5.74, 6) is 0. The van der Waals surface area contributed by atoms with Gasteiger partial charge < -0.3 is 10.2 Å². The fraction of sp³-hybridized carbons (Fsp3) is 0.857. The van der Waals surface area contributed by atoms with Gasteiger partial charge in [0.15, 0.2) is 5.11 Å². The van der Waals surface area contributed by atoms with Crippen LogP contribution in [0.4, 0.5) is 0 Å². The molecule has 1 rings (SSSR count). The molecule has 3 heteroatoms. The summed E-state index contributed by atoms with van der Waals surface area (Å²) in [6.45, 7) is 6.48. The molecule has 0 radical (unpaired) electrons. The van der Waals surface area contributed by atoms with Crippen molar-refractivity contribution in [2.75, 3.05) is 13.1 Å². The largest absolute Gasteiger partial charge is 0.360 e. The van der Waals surface area contributed by atoms with E-state index in [1.165, 1.54) is 6.42 Å². The van der Waals surface area contributed by atoms with E-state index in [2.05, 4.69) is 24.1 Å². The van der Waals surface area contributed by atoms with Gasteiger partial charge in [-0.05, 0) is 32.5 Å². The van der Waals surface area contributed by atoms with Gasteiger partial charge in [0.25, 0.3) is 0 Å². The Morgan fingerprint density at radius 1 is 1.50 bits per heavy atom. The molecule has 58 valence electrons. The van der Waals surface area contributed by atoms with E-state index in [1.54, 1.807) is 0 Å². The molecule has 0 atom stereocenters. The average molecular weight is 158 g/mol. The summed E-state index contributed by atoms with van der Waals surface area (Å²) in [5, 5.41) is 4.12. The molecule has 0 unspecified atom stereocenters. The molecule has 0 aromatic rings. The summed E-state index contributed by atoms with van der Waals surface area (Å²) in [4.78, 5) is 2.19. The van der Waals surface area contributed by atoms with Crippen LogP contribution in [0, 0.1) is 0 Å². The van der Waals surface area contributed by atoms with E-state index in [1.807, 2.05) is 0 Å². The lowest BCUT2D eigenvalue weighted by atomic mass is 10.2. The Bertz CT molecular complexity index is 130. The fourth-order valence-corrected chi connectivity index (χ4v) is 1.28. The van der Waals surface area contributed by atoms with Gasteiger partial charge in [-0.25, -0.2) is 0 Å². The molecule has 0 aliphatic carbocycles. The molecule has 1 heterocycles. The first kappa shape index (κ1) is 7.79. The molecule has 1 fully saturated rings. The predicted octanol–water partition coefficient (Wildman–Crippen LogP) is 0.975. The smallest absolute Gasteiger partial charge is 0.169 e. The van der Waals surface area contributed by atoms with Crippen LogP contribution in [-0.2, 0) is 0 Å². The summed E-state index contributed by atoms with van der Waals surface area (Å²) < 4.78 is 0. The van der Waals surface area contributed by atoms with Crippen LogP contribution in [0.5, 0.6) is 0 Å². The van der Waals surface area contributed by atoms with Gasteiger partial charge in [-0.15, -0.1) is 0 Å². The van der Waals surface area contributed by atoms with Crippen LogP contribution in [0.2, 0.25) is 0 Å². The first-order valence-corrected chi connectivity index (χ1v) is 4.16. The van der Waals surface area contributed by atoms with Crippen molar-refractivity contribution in [1.82, 2.24) is 10.2 Å². The first-order valence-electron chi connectivity index (χ1n) is 3.75. The topological polar surface area (TPSA) is 15.3 Å². The van der Waals surface area contributed by atoms with Gasteiger partial charge in [-0.1, -0.05) is 0 Å². The second-order valence-corrected chi connectivity index (χ2v) is 3.33. The van der Waals surface area contributed by atoms with Crippen LogP contribution in [0.15, 0.2) is 0 Å². The van der Waals surface area contributed by atoms with Crippen LogP contribution in [0.25, 0.3) is 0 Å². The minimum atomic E-state index is 0.466. The maximum Gasteiger partial charge on any atom is 0.169 e. The summed E-state index contributed by atoms with van der Waals surface area (Å²) >= 11 is 5.12. The highest BCUT2D eigenvalue weighted by molar-refractivity contribution is 7.80. The van der Waals surface area contributed by atoms with Crippen LogP contribution in [0.1, 0.15) is 20.3 Å². The third-order valence-corrected chi connectivity index (χ3v) is 1.93. The zero-order valence-corrected chi connectivity index (χ0v) is 7.37. The maximum absolute atomic E-state index is 5.12. The quantitative estimate of drug-likeness (QED) is 0.573. The van der Waals surface area contributed by atoms with Crippen molar-refractivity contribution in [2.45, 2.75) is 26.3 Å². The lowest BCUT2D eigenvalue weighted by Crippen LogP contribution is -2.49. The SMILES string of the molecule is CC(C)NC(=S)N1CCC1. The molecule has 2 nitrogen and oxygen atoms in total. The molecule has 0 aromatic heterocycles. The first-order chi connectivity index (χ1) is 4.70. The molecule has 10 heavy (non-hydrogen) atoms. The third-order valence-electron chi connectivity index (χ3n) is 1.56. The van der Waals surface area contributed by atoms with Gasteiger partial charge in [-0.2, -0.15) is 0 Å². The molecular formula is C7H14N2S. The van der Waals surface area contributed by atoms with Crippen LogP contribution in [0.3, 0.4) is 0 Å². The van der Waals surface area contributed by atoms with E-state index >= 15 is 0 Å². The van der Waals surface area contributed by atoms with E-state index in [-0.39, 0.29) is 0 Å². The molecule has 0 spiro atoms.